The molecule has 0 saturated carbocycles. The highest BCUT2D eigenvalue weighted by Crippen LogP contribution is 2.13. The van der Waals surface area contributed by atoms with Gasteiger partial charge in [0, 0.05) is 31.2 Å². The normalized spacial score (nSPS) is 12.1. The number of nitrogens with one attached hydrogen (secondary N) is 1. The Hall–Kier alpha value is -2.89. The number of rotatable bonds is 6. The number of amides is 1. The van der Waals surface area contributed by atoms with E-state index in [4.69, 9.17) is 0 Å². The smallest absolute Gasteiger partial charge is 0.253 e. The molecule has 0 saturated heterocycles. The van der Waals surface area contributed by atoms with E-state index < -0.39 is 0 Å². The van der Waals surface area contributed by atoms with Crippen molar-refractivity contribution in [1.29, 1.82) is 0 Å². The average Bonchev–Trinajstić information content (AvgIpc) is 3.23. The van der Waals surface area contributed by atoms with E-state index in [0.717, 1.165) is 23.6 Å². The summed E-state index contributed by atoms with van der Waals surface area (Å²) in [5, 5.41) is 11.7. The van der Waals surface area contributed by atoms with Crippen LogP contribution in [0.1, 0.15) is 28.7 Å². The number of carbonyl (C=O) groups excluding carboxylic acids is 1. The summed E-state index contributed by atoms with van der Waals surface area (Å²) >= 11 is 0. The van der Waals surface area contributed by atoms with Crippen LogP contribution in [0.3, 0.4) is 0 Å². The van der Waals surface area contributed by atoms with E-state index >= 15 is 0 Å². The summed E-state index contributed by atoms with van der Waals surface area (Å²) in [5.74, 6) is 0.185. The first-order chi connectivity index (χ1) is 12.0. The molecule has 0 bridgehead atoms. The predicted molar refractivity (Wildman–Crippen MR) is 96.8 cm³/mol. The van der Waals surface area contributed by atoms with E-state index in [-0.39, 0.29) is 11.8 Å². The summed E-state index contributed by atoms with van der Waals surface area (Å²) < 4.78 is 3.69. The molecule has 3 aromatic rings. The standard InChI is InChI=1S/C19H23N5O/c1-14(13-24-16(3)11-15(2)22-24)12-20-19(25)17-7-4-5-8-18(17)23-10-6-9-21-23/h4-11,14H,12-13H2,1-3H3,(H,20,25)/t14-/m1/s1. The maximum absolute atomic E-state index is 12.6. The predicted octanol–water partition coefficient (Wildman–Crippen LogP) is 2.75. The molecular weight excluding hydrogens is 314 g/mol. The zero-order chi connectivity index (χ0) is 17.8. The molecular formula is C19H23N5O. The van der Waals surface area contributed by atoms with Crippen molar-refractivity contribution in [3.8, 4) is 5.69 Å². The second-order valence-electron chi connectivity index (χ2n) is 6.39. The van der Waals surface area contributed by atoms with Crippen molar-refractivity contribution in [2.75, 3.05) is 6.54 Å². The van der Waals surface area contributed by atoms with Crippen LogP contribution in [0.5, 0.6) is 0 Å². The van der Waals surface area contributed by atoms with Crippen LogP contribution in [-0.2, 0) is 6.54 Å². The van der Waals surface area contributed by atoms with E-state index in [1.54, 1.807) is 10.9 Å². The van der Waals surface area contributed by atoms with Gasteiger partial charge in [0.15, 0.2) is 0 Å². The highest BCUT2D eigenvalue weighted by molar-refractivity contribution is 5.97. The van der Waals surface area contributed by atoms with Crippen molar-refractivity contribution in [3.05, 3.63) is 65.7 Å². The van der Waals surface area contributed by atoms with Crippen LogP contribution >= 0.6 is 0 Å². The third-order valence-corrected chi connectivity index (χ3v) is 4.10. The molecule has 1 amide bonds. The fraction of sp³-hybridized carbons (Fsp3) is 0.316. The molecule has 0 aliphatic carbocycles. The number of carbonyl (C=O) groups is 1. The van der Waals surface area contributed by atoms with Crippen LogP contribution < -0.4 is 5.32 Å². The maximum atomic E-state index is 12.6. The van der Waals surface area contributed by atoms with E-state index in [1.165, 1.54) is 0 Å². The Morgan fingerprint density at radius 1 is 1.24 bits per heavy atom. The third-order valence-electron chi connectivity index (χ3n) is 4.10. The number of nitrogens with zero attached hydrogens (tertiary/aromatic N) is 4. The monoisotopic (exact) mass is 337 g/mol. The fourth-order valence-corrected chi connectivity index (χ4v) is 2.86. The quantitative estimate of drug-likeness (QED) is 0.752. The lowest BCUT2D eigenvalue weighted by molar-refractivity contribution is 0.0946. The molecule has 1 N–H and O–H groups in total. The number of aromatic nitrogens is 4. The summed E-state index contributed by atoms with van der Waals surface area (Å²) in [7, 11) is 0. The largest absolute Gasteiger partial charge is 0.352 e. The topological polar surface area (TPSA) is 64.7 Å². The van der Waals surface area contributed by atoms with Crippen molar-refractivity contribution >= 4 is 5.91 Å². The fourth-order valence-electron chi connectivity index (χ4n) is 2.86. The number of hydrogen-bond donors (Lipinski definition) is 1. The van der Waals surface area contributed by atoms with Crippen LogP contribution in [0.25, 0.3) is 5.69 Å². The van der Waals surface area contributed by atoms with Crippen LogP contribution in [0.15, 0.2) is 48.8 Å². The Morgan fingerprint density at radius 3 is 2.72 bits per heavy atom. The van der Waals surface area contributed by atoms with Crippen molar-refractivity contribution < 1.29 is 4.79 Å². The van der Waals surface area contributed by atoms with Crippen LogP contribution in [0, 0.1) is 19.8 Å². The minimum Gasteiger partial charge on any atom is -0.352 e. The lowest BCUT2D eigenvalue weighted by atomic mass is 10.1. The van der Waals surface area contributed by atoms with Crippen LogP contribution in [0.4, 0.5) is 0 Å². The Balaban J connectivity index is 1.64. The van der Waals surface area contributed by atoms with Gasteiger partial charge in [0.2, 0.25) is 0 Å². The van der Waals surface area contributed by atoms with Gasteiger partial charge in [-0.05, 0) is 44.0 Å². The second-order valence-corrected chi connectivity index (χ2v) is 6.39. The van der Waals surface area contributed by atoms with Crippen molar-refractivity contribution in [2.24, 2.45) is 5.92 Å². The average molecular weight is 337 g/mol. The molecule has 0 aliphatic heterocycles. The van der Waals surface area contributed by atoms with Gasteiger partial charge in [-0.1, -0.05) is 19.1 Å². The van der Waals surface area contributed by atoms with Gasteiger partial charge in [-0.3, -0.25) is 9.48 Å². The molecule has 25 heavy (non-hydrogen) atoms. The molecule has 1 aromatic carbocycles. The zero-order valence-corrected chi connectivity index (χ0v) is 14.8. The summed E-state index contributed by atoms with van der Waals surface area (Å²) in [4.78, 5) is 12.6. The summed E-state index contributed by atoms with van der Waals surface area (Å²) in [6.45, 7) is 7.51. The molecule has 130 valence electrons. The Morgan fingerprint density at radius 2 is 2.04 bits per heavy atom. The van der Waals surface area contributed by atoms with Crippen LogP contribution in [0.2, 0.25) is 0 Å². The van der Waals surface area contributed by atoms with Gasteiger partial charge < -0.3 is 5.32 Å². The summed E-state index contributed by atoms with van der Waals surface area (Å²) in [6, 6.07) is 11.4. The van der Waals surface area contributed by atoms with Crippen molar-refractivity contribution in [3.63, 3.8) is 0 Å². The van der Waals surface area contributed by atoms with Gasteiger partial charge in [-0.2, -0.15) is 10.2 Å². The molecule has 2 heterocycles. The van der Waals surface area contributed by atoms with Crippen molar-refractivity contribution in [1.82, 2.24) is 24.9 Å². The molecule has 3 rings (SSSR count). The Kier molecular flexibility index (Phi) is 4.97. The lowest BCUT2D eigenvalue weighted by Crippen LogP contribution is -2.31. The molecule has 0 spiro atoms. The molecule has 0 unspecified atom stereocenters. The van der Waals surface area contributed by atoms with Crippen LogP contribution in [-0.4, -0.2) is 32.0 Å². The minimum absolute atomic E-state index is 0.0914. The number of para-hydroxylation sites is 1. The SMILES string of the molecule is Cc1cc(C)n(C[C@H](C)CNC(=O)c2ccccc2-n2cccn2)n1. The van der Waals surface area contributed by atoms with Crippen molar-refractivity contribution in [2.45, 2.75) is 27.3 Å². The molecule has 2 aromatic heterocycles. The highest BCUT2D eigenvalue weighted by Gasteiger charge is 2.14. The zero-order valence-electron chi connectivity index (χ0n) is 14.8. The van der Waals surface area contributed by atoms with Gasteiger partial charge in [0.25, 0.3) is 5.91 Å². The minimum atomic E-state index is -0.0914. The molecule has 6 heteroatoms. The van der Waals surface area contributed by atoms with E-state index in [9.17, 15) is 4.79 Å². The second kappa shape index (κ2) is 7.34. The number of benzene rings is 1. The van der Waals surface area contributed by atoms with Gasteiger partial charge in [0.1, 0.15) is 0 Å². The maximum Gasteiger partial charge on any atom is 0.253 e. The summed E-state index contributed by atoms with van der Waals surface area (Å²) in [6.07, 6.45) is 3.53. The first kappa shape index (κ1) is 17.0. The third kappa shape index (κ3) is 3.96. The highest BCUT2D eigenvalue weighted by atomic mass is 16.1. The molecule has 0 fully saturated rings. The molecule has 0 radical (unpaired) electrons. The molecule has 1 atom stereocenters. The first-order valence-electron chi connectivity index (χ1n) is 8.43. The van der Waals surface area contributed by atoms with Gasteiger partial charge in [-0.15, -0.1) is 0 Å². The summed E-state index contributed by atoms with van der Waals surface area (Å²) in [5.41, 5.74) is 3.54. The first-order valence-corrected chi connectivity index (χ1v) is 8.43. The Bertz CT molecular complexity index is 851. The van der Waals surface area contributed by atoms with Gasteiger partial charge >= 0.3 is 0 Å². The molecule has 6 nitrogen and oxygen atoms in total. The number of aryl methyl sites for hydroxylation is 2. The van der Waals surface area contributed by atoms with E-state index in [0.29, 0.717) is 12.1 Å². The lowest BCUT2D eigenvalue weighted by Gasteiger charge is -2.15. The number of hydrogen-bond acceptors (Lipinski definition) is 3. The Labute approximate surface area is 147 Å². The van der Waals surface area contributed by atoms with Gasteiger partial charge in [0.05, 0.1) is 16.9 Å². The van der Waals surface area contributed by atoms with E-state index in [1.807, 2.05) is 55.1 Å². The van der Waals surface area contributed by atoms with E-state index in [2.05, 4.69) is 28.5 Å². The van der Waals surface area contributed by atoms with Gasteiger partial charge in [-0.25, -0.2) is 4.68 Å². The molecule has 0 aliphatic rings.